The number of carbonyl (C=O) groups is 4. The predicted molar refractivity (Wildman–Crippen MR) is 141 cm³/mol. The zero-order valence-corrected chi connectivity index (χ0v) is 21.7. The third-order valence-corrected chi connectivity index (χ3v) is 6.53. The van der Waals surface area contributed by atoms with Crippen LogP contribution >= 0.6 is 0 Å². The number of aliphatic carboxylic acids is 1. The maximum Gasteiger partial charge on any atom is 0.326 e. The van der Waals surface area contributed by atoms with Crippen LogP contribution in [0.2, 0.25) is 0 Å². The average molecular weight is 526 g/mol. The van der Waals surface area contributed by atoms with Gasteiger partial charge >= 0.3 is 5.97 Å². The van der Waals surface area contributed by atoms with E-state index in [0.29, 0.717) is 12.1 Å². The van der Waals surface area contributed by atoms with Gasteiger partial charge in [-0.05, 0) is 24.5 Å². The van der Waals surface area contributed by atoms with E-state index in [1.807, 2.05) is 31.2 Å². The Morgan fingerprint density at radius 3 is 2.26 bits per heavy atom. The van der Waals surface area contributed by atoms with Crippen molar-refractivity contribution in [3.05, 3.63) is 54.2 Å². The fourth-order valence-corrected chi connectivity index (χ4v) is 4.07. The Morgan fingerprint density at radius 1 is 0.974 bits per heavy atom. The molecule has 204 valence electrons. The topological polar surface area (TPSA) is 195 Å². The maximum atomic E-state index is 13.5. The summed E-state index contributed by atoms with van der Waals surface area (Å²) in [5, 5.41) is 18.5. The van der Waals surface area contributed by atoms with E-state index in [2.05, 4.69) is 30.9 Å². The van der Waals surface area contributed by atoms with Gasteiger partial charge in [-0.25, -0.2) is 9.78 Å². The number of H-pyrrole nitrogens is 2. The molecule has 3 aromatic rings. The molecule has 0 bridgehead atoms. The SMILES string of the molecule is CCC(C)C(NC(=O)C(Cc1cnc[nH]1)NC(=O)C(Cc1c[nH]c2ccccc12)NC(=O)C(C)N)C(=O)O. The first-order chi connectivity index (χ1) is 18.1. The van der Waals surface area contributed by atoms with Crippen LogP contribution in [-0.4, -0.2) is 67.9 Å². The summed E-state index contributed by atoms with van der Waals surface area (Å²) in [6, 6.07) is 3.39. The molecule has 12 nitrogen and oxygen atoms in total. The summed E-state index contributed by atoms with van der Waals surface area (Å²) in [6.45, 7) is 5.06. The molecule has 3 rings (SSSR count). The molecule has 38 heavy (non-hydrogen) atoms. The molecule has 0 spiro atoms. The maximum absolute atomic E-state index is 13.5. The molecule has 0 aliphatic heterocycles. The molecule has 5 atom stereocenters. The van der Waals surface area contributed by atoms with Crippen LogP contribution in [0.3, 0.4) is 0 Å². The van der Waals surface area contributed by atoms with E-state index in [1.54, 1.807) is 13.1 Å². The highest BCUT2D eigenvalue weighted by atomic mass is 16.4. The van der Waals surface area contributed by atoms with Gasteiger partial charge in [0.25, 0.3) is 0 Å². The van der Waals surface area contributed by atoms with Gasteiger partial charge in [-0.3, -0.25) is 14.4 Å². The number of fused-ring (bicyclic) bond motifs is 1. The standard InChI is InChI=1S/C26H35N7O5/c1-4-14(2)22(26(37)38)33-25(36)21(10-17-12-28-13-30-17)32-24(35)20(31-23(34)15(3)27)9-16-11-29-19-8-6-5-7-18(16)19/h5-8,11-15,20-22,29H,4,9-10,27H2,1-3H3,(H,28,30)(H,31,34)(H,32,35)(H,33,36)(H,37,38). The summed E-state index contributed by atoms with van der Waals surface area (Å²) in [5.41, 5.74) is 7.97. The summed E-state index contributed by atoms with van der Waals surface area (Å²) in [7, 11) is 0. The number of carboxylic acid groups (broad SMARTS) is 1. The Balaban J connectivity index is 1.86. The van der Waals surface area contributed by atoms with Crippen molar-refractivity contribution in [3.8, 4) is 0 Å². The molecule has 0 saturated heterocycles. The zero-order valence-electron chi connectivity index (χ0n) is 21.7. The van der Waals surface area contributed by atoms with Crippen molar-refractivity contribution in [2.45, 2.75) is 64.2 Å². The largest absolute Gasteiger partial charge is 0.480 e. The molecule has 2 heterocycles. The summed E-state index contributed by atoms with van der Waals surface area (Å²) in [5.74, 6) is -3.30. The van der Waals surface area contributed by atoms with Crippen LogP contribution in [-0.2, 0) is 32.0 Å². The minimum Gasteiger partial charge on any atom is -0.480 e. The summed E-state index contributed by atoms with van der Waals surface area (Å²) >= 11 is 0. The lowest BCUT2D eigenvalue weighted by molar-refractivity contribution is -0.143. The number of hydrogen-bond acceptors (Lipinski definition) is 6. The Morgan fingerprint density at radius 2 is 1.63 bits per heavy atom. The Labute approximate surface area is 220 Å². The van der Waals surface area contributed by atoms with Gasteiger partial charge in [0.1, 0.15) is 18.1 Å². The van der Waals surface area contributed by atoms with E-state index in [4.69, 9.17) is 5.73 Å². The van der Waals surface area contributed by atoms with Crippen molar-refractivity contribution in [2.24, 2.45) is 11.7 Å². The number of nitrogens with two attached hydrogens (primary N) is 1. The van der Waals surface area contributed by atoms with Crippen LogP contribution in [0.15, 0.2) is 43.0 Å². The van der Waals surface area contributed by atoms with Crippen molar-refractivity contribution in [1.82, 2.24) is 30.9 Å². The number of rotatable bonds is 13. The number of amides is 3. The van der Waals surface area contributed by atoms with Crippen LogP contribution in [0.5, 0.6) is 0 Å². The van der Waals surface area contributed by atoms with Crippen LogP contribution in [0.4, 0.5) is 0 Å². The third-order valence-electron chi connectivity index (χ3n) is 6.53. The lowest BCUT2D eigenvalue weighted by Gasteiger charge is -2.26. The molecule has 0 fully saturated rings. The van der Waals surface area contributed by atoms with Crippen LogP contribution in [0.25, 0.3) is 10.9 Å². The molecule has 5 unspecified atom stereocenters. The molecule has 8 N–H and O–H groups in total. The lowest BCUT2D eigenvalue weighted by atomic mass is 9.98. The van der Waals surface area contributed by atoms with Gasteiger partial charge in [0.15, 0.2) is 0 Å². The minimum absolute atomic E-state index is 0.0332. The average Bonchev–Trinajstić information content (AvgIpc) is 3.55. The summed E-state index contributed by atoms with van der Waals surface area (Å²) in [6.07, 6.45) is 5.42. The number of nitrogens with one attached hydrogen (secondary N) is 5. The van der Waals surface area contributed by atoms with Gasteiger partial charge in [0.05, 0.1) is 12.4 Å². The van der Waals surface area contributed by atoms with Gasteiger partial charge < -0.3 is 36.8 Å². The van der Waals surface area contributed by atoms with Gasteiger partial charge in [0, 0.05) is 41.8 Å². The normalized spacial score (nSPS) is 15.2. The van der Waals surface area contributed by atoms with Crippen LogP contribution in [0.1, 0.15) is 38.4 Å². The number of benzene rings is 1. The number of carbonyl (C=O) groups excluding carboxylic acids is 3. The number of aromatic nitrogens is 3. The molecule has 3 amide bonds. The Hall–Kier alpha value is -4.19. The van der Waals surface area contributed by atoms with E-state index in [9.17, 15) is 24.3 Å². The van der Waals surface area contributed by atoms with Crippen molar-refractivity contribution in [3.63, 3.8) is 0 Å². The second kappa shape index (κ2) is 12.9. The molecule has 1 aromatic carbocycles. The van der Waals surface area contributed by atoms with Crippen molar-refractivity contribution in [1.29, 1.82) is 0 Å². The molecule has 2 aromatic heterocycles. The van der Waals surface area contributed by atoms with Crippen LogP contribution in [0, 0.1) is 5.92 Å². The predicted octanol–water partition coefficient (Wildman–Crippen LogP) is 0.609. The number of carboxylic acids is 1. The first-order valence-electron chi connectivity index (χ1n) is 12.5. The smallest absolute Gasteiger partial charge is 0.326 e. The molecule has 0 aliphatic carbocycles. The molecular formula is C26H35N7O5. The van der Waals surface area contributed by atoms with Gasteiger partial charge in [-0.15, -0.1) is 0 Å². The molecular weight excluding hydrogens is 490 g/mol. The fourth-order valence-electron chi connectivity index (χ4n) is 4.07. The van der Waals surface area contributed by atoms with E-state index < -0.39 is 47.9 Å². The minimum atomic E-state index is -1.17. The first kappa shape index (κ1) is 28.4. The van der Waals surface area contributed by atoms with Gasteiger partial charge in [-0.1, -0.05) is 38.5 Å². The van der Waals surface area contributed by atoms with E-state index >= 15 is 0 Å². The molecule has 0 saturated carbocycles. The summed E-state index contributed by atoms with van der Waals surface area (Å²) < 4.78 is 0. The van der Waals surface area contributed by atoms with Gasteiger partial charge in [-0.2, -0.15) is 0 Å². The quantitative estimate of drug-likeness (QED) is 0.170. The number of para-hydroxylation sites is 1. The van der Waals surface area contributed by atoms with E-state index in [-0.39, 0.29) is 18.8 Å². The number of imidazole rings is 1. The molecule has 0 radical (unpaired) electrons. The second-order valence-corrected chi connectivity index (χ2v) is 9.47. The van der Waals surface area contributed by atoms with Crippen molar-refractivity contribution in [2.75, 3.05) is 0 Å². The molecule has 0 aliphatic rings. The number of nitrogens with zero attached hydrogens (tertiary/aromatic N) is 1. The highest BCUT2D eigenvalue weighted by Crippen LogP contribution is 2.19. The Kier molecular flexibility index (Phi) is 9.61. The van der Waals surface area contributed by atoms with Crippen LogP contribution < -0.4 is 21.7 Å². The zero-order chi connectivity index (χ0) is 27.8. The van der Waals surface area contributed by atoms with Crippen molar-refractivity contribution < 1.29 is 24.3 Å². The lowest BCUT2D eigenvalue weighted by Crippen LogP contribution is -2.58. The number of aromatic amines is 2. The Bertz CT molecular complexity index is 1250. The third kappa shape index (κ3) is 7.19. The van der Waals surface area contributed by atoms with E-state index in [0.717, 1.165) is 16.5 Å². The monoisotopic (exact) mass is 525 g/mol. The second-order valence-electron chi connectivity index (χ2n) is 9.47. The number of hydrogen-bond donors (Lipinski definition) is 7. The fraction of sp³-hybridized carbons (Fsp3) is 0.423. The van der Waals surface area contributed by atoms with Crippen molar-refractivity contribution >= 4 is 34.6 Å². The summed E-state index contributed by atoms with van der Waals surface area (Å²) in [4.78, 5) is 61.0. The highest BCUT2D eigenvalue weighted by molar-refractivity contribution is 5.95. The molecule has 12 heteroatoms. The highest BCUT2D eigenvalue weighted by Gasteiger charge is 2.32. The van der Waals surface area contributed by atoms with Gasteiger partial charge in [0.2, 0.25) is 17.7 Å². The first-order valence-corrected chi connectivity index (χ1v) is 12.5. The van der Waals surface area contributed by atoms with E-state index in [1.165, 1.54) is 19.4 Å².